The molecule has 0 radical (unpaired) electrons. The van der Waals surface area contributed by atoms with Crippen LogP contribution in [-0.2, 0) is 6.61 Å². The van der Waals surface area contributed by atoms with Crippen molar-refractivity contribution < 1.29 is 18.4 Å². The Hall–Kier alpha value is -3.42. The van der Waals surface area contributed by atoms with E-state index in [1.54, 1.807) is 17.0 Å². The van der Waals surface area contributed by atoms with Crippen molar-refractivity contribution in [3.8, 4) is 5.75 Å². The number of benzene rings is 2. The van der Waals surface area contributed by atoms with E-state index in [0.29, 0.717) is 30.6 Å². The number of aryl methyl sites for hydroxylation is 1. The van der Waals surface area contributed by atoms with Gasteiger partial charge < -0.3 is 19.5 Å². The summed E-state index contributed by atoms with van der Waals surface area (Å²) >= 11 is 0. The molecule has 1 N–H and O–H groups in total. The van der Waals surface area contributed by atoms with Gasteiger partial charge in [0, 0.05) is 24.7 Å². The van der Waals surface area contributed by atoms with E-state index < -0.39 is 0 Å². The second-order valence-corrected chi connectivity index (χ2v) is 7.35. The van der Waals surface area contributed by atoms with Crippen molar-refractivity contribution in [2.24, 2.45) is 0 Å². The topological polar surface area (TPSA) is 80.5 Å². The first kappa shape index (κ1) is 19.9. The number of likely N-dealkylation sites (tertiary alicyclic amines) is 1. The van der Waals surface area contributed by atoms with Crippen LogP contribution in [0.5, 0.6) is 5.75 Å². The van der Waals surface area contributed by atoms with Crippen LogP contribution in [-0.4, -0.2) is 34.2 Å². The van der Waals surface area contributed by atoms with Gasteiger partial charge in [-0.1, -0.05) is 17.3 Å². The molecule has 2 amide bonds. The first-order valence-electron chi connectivity index (χ1n) is 9.90. The van der Waals surface area contributed by atoms with Crippen molar-refractivity contribution in [2.45, 2.75) is 32.3 Å². The molecular formula is C22H23FN4O3. The van der Waals surface area contributed by atoms with Gasteiger partial charge in [-0.05, 0) is 61.7 Å². The summed E-state index contributed by atoms with van der Waals surface area (Å²) in [5.41, 5.74) is 1.90. The van der Waals surface area contributed by atoms with Crippen molar-refractivity contribution in [3.05, 3.63) is 71.6 Å². The number of rotatable bonds is 5. The van der Waals surface area contributed by atoms with E-state index >= 15 is 0 Å². The molecule has 7 nitrogen and oxygen atoms in total. The normalized spacial score (nSPS) is 14.5. The fourth-order valence-corrected chi connectivity index (χ4v) is 3.43. The molecule has 156 valence electrons. The number of hydrogen-bond donors (Lipinski definition) is 1. The highest BCUT2D eigenvalue weighted by Crippen LogP contribution is 2.26. The molecule has 1 aliphatic heterocycles. The fourth-order valence-electron chi connectivity index (χ4n) is 3.43. The third-order valence-corrected chi connectivity index (χ3v) is 5.08. The van der Waals surface area contributed by atoms with Crippen molar-refractivity contribution in [2.75, 3.05) is 18.4 Å². The Balaban J connectivity index is 1.27. The molecule has 0 saturated carbocycles. The highest BCUT2D eigenvalue weighted by molar-refractivity contribution is 5.89. The minimum Gasteiger partial charge on any atom is -0.484 e. The highest BCUT2D eigenvalue weighted by atomic mass is 19.1. The molecule has 3 aromatic rings. The summed E-state index contributed by atoms with van der Waals surface area (Å²) in [6, 6.07) is 13.4. The van der Waals surface area contributed by atoms with Gasteiger partial charge in [-0.25, -0.2) is 9.18 Å². The standard InChI is InChI=1S/C22H23FN4O3/c1-15-3-2-4-18(13-15)24-22(28)27-11-9-16(10-12-27)21-25-20(30-26-21)14-29-19-7-5-17(23)6-8-19/h2-8,13,16H,9-12,14H2,1H3,(H,24,28). The average molecular weight is 410 g/mol. The summed E-state index contributed by atoms with van der Waals surface area (Å²) in [4.78, 5) is 18.7. The maximum absolute atomic E-state index is 12.9. The quantitative estimate of drug-likeness (QED) is 0.670. The van der Waals surface area contributed by atoms with Crippen LogP contribution in [0.2, 0.25) is 0 Å². The molecule has 0 unspecified atom stereocenters. The predicted molar refractivity (Wildman–Crippen MR) is 109 cm³/mol. The maximum Gasteiger partial charge on any atom is 0.321 e. The summed E-state index contributed by atoms with van der Waals surface area (Å²) in [6.45, 7) is 3.36. The van der Waals surface area contributed by atoms with Crippen molar-refractivity contribution in [1.29, 1.82) is 0 Å². The summed E-state index contributed by atoms with van der Waals surface area (Å²) in [7, 11) is 0. The number of nitrogens with one attached hydrogen (secondary N) is 1. The lowest BCUT2D eigenvalue weighted by Gasteiger charge is -2.30. The van der Waals surface area contributed by atoms with Crippen molar-refractivity contribution in [3.63, 3.8) is 0 Å². The minimum absolute atomic E-state index is 0.0967. The van der Waals surface area contributed by atoms with Gasteiger partial charge in [-0.15, -0.1) is 0 Å². The number of carbonyl (C=O) groups is 1. The number of hydrogen-bond acceptors (Lipinski definition) is 5. The summed E-state index contributed by atoms with van der Waals surface area (Å²) in [5.74, 6) is 1.35. The third-order valence-electron chi connectivity index (χ3n) is 5.08. The number of carbonyl (C=O) groups excluding carboxylic acids is 1. The number of amides is 2. The number of urea groups is 1. The molecule has 1 saturated heterocycles. The number of ether oxygens (including phenoxy) is 1. The fraction of sp³-hybridized carbons (Fsp3) is 0.318. The van der Waals surface area contributed by atoms with Gasteiger partial charge in [0.15, 0.2) is 12.4 Å². The Kier molecular flexibility index (Phi) is 5.92. The van der Waals surface area contributed by atoms with Gasteiger partial charge in [0.25, 0.3) is 5.89 Å². The van der Waals surface area contributed by atoms with E-state index in [1.165, 1.54) is 12.1 Å². The first-order chi connectivity index (χ1) is 14.6. The summed E-state index contributed by atoms with van der Waals surface area (Å²) in [5, 5.41) is 7.01. The molecule has 0 spiro atoms. The average Bonchev–Trinajstić information content (AvgIpc) is 3.22. The van der Waals surface area contributed by atoms with E-state index in [-0.39, 0.29) is 24.4 Å². The molecule has 30 heavy (non-hydrogen) atoms. The van der Waals surface area contributed by atoms with E-state index in [0.717, 1.165) is 24.1 Å². The van der Waals surface area contributed by atoms with Crippen LogP contribution in [0.1, 0.15) is 36.0 Å². The molecule has 0 bridgehead atoms. The number of aromatic nitrogens is 2. The van der Waals surface area contributed by atoms with Crippen LogP contribution < -0.4 is 10.1 Å². The van der Waals surface area contributed by atoms with Crippen LogP contribution >= 0.6 is 0 Å². The Morgan fingerprint density at radius 2 is 2.00 bits per heavy atom. The zero-order valence-corrected chi connectivity index (χ0v) is 16.7. The van der Waals surface area contributed by atoms with E-state index in [1.807, 2.05) is 31.2 Å². The lowest BCUT2D eigenvalue weighted by molar-refractivity contribution is 0.193. The number of nitrogens with zero attached hydrogens (tertiary/aromatic N) is 3. The number of anilines is 1. The molecular weight excluding hydrogens is 387 g/mol. The van der Waals surface area contributed by atoms with Crippen LogP contribution in [0.25, 0.3) is 0 Å². The van der Waals surface area contributed by atoms with Gasteiger partial charge in [-0.2, -0.15) is 4.98 Å². The molecule has 0 aliphatic carbocycles. The first-order valence-corrected chi connectivity index (χ1v) is 9.90. The molecule has 1 fully saturated rings. The van der Waals surface area contributed by atoms with Crippen LogP contribution in [0, 0.1) is 12.7 Å². The molecule has 2 aromatic carbocycles. The molecule has 1 aromatic heterocycles. The lowest BCUT2D eigenvalue weighted by Crippen LogP contribution is -2.40. The molecule has 0 atom stereocenters. The monoisotopic (exact) mass is 410 g/mol. The lowest BCUT2D eigenvalue weighted by atomic mass is 9.96. The van der Waals surface area contributed by atoms with Gasteiger partial charge in [-0.3, -0.25) is 0 Å². The largest absolute Gasteiger partial charge is 0.484 e. The summed E-state index contributed by atoms with van der Waals surface area (Å²) in [6.07, 6.45) is 1.53. The molecule has 1 aliphatic rings. The second-order valence-electron chi connectivity index (χ2n) is 7.35. The molecule has 4 rings (SSSR count). The SMILES string of the molecule is Cc1cccc(NC(=O)N2CCC(c3noc(COc4ccc(F)cc4)n3)CC2)c1. The van der Waals surface area contributed by atoms with E-state index in [4.69, 9.17) is 9.26 Å². The van der Waals surface area contributed by atoms with Gasteiger partial charge in [0.1, 0.15) is 11.6 Å². The smallest absolute Gasteiger partial charge is 0.321 e. The zero-order chi connectivity index (χ0) is 20.9. The minimum atomic E-state index is -0.318. The van der Waals surface area contributed by atoms with Crippen molar-refractivity contribution >= 4 is 11.7 Å². The highest BCUT2D eigenvalue weighted by Gasteiger charge is 2.27. The van der Waals surface area contributed by atoms with Crippen molar-refractivity contribution in [1.82, 2.24) is 15.0 Å². The number of halogens is 1. The van der Waals surface area contributed by atoms with Crippen LogP contribution in [0.3, 0.4) is 0 Å². The number of piperidine rings is 1. The Morgan fingerprint density at radius 1 is 1.23 bits per heavy atom. The van der Waals surface area contributed by atoms with Crippen LogP contribution in [0.15, 0.2) is 53.1 Å². The predicted octanol–water partition coefficient (Wildman–Crippen LogP) is 4.51. The maximum atomic E-state index is 12.9. The summed E-state index contributed by atoms with van der Waals surface area (Å²) < 4.78 is 23.7. The van der Waals surface area contributed by atoms with E-state index in [9.17, 15) is 9.18 Å². The molecule has 8 heteroatoms. The van der Waals surface area contributed by atoms with Crippen LogP contribution in [0.4, 0.5) is 14.9 Å². The Bertz CT molecular complexity index is 998. The third kappa shape index (κ3) is 4.94. The zero-order valence-electron chi connectivity index (χ0n) is 16.7. The Labute approximate surface area is 173 Å². The van der Waals surface area contributed by atoms with Gasteiger partial charge in [0.2, 0.25) is 0 Å². The van der Waals surface area contributed by atoms with Gasteiger partial charge in [0.05, 0.1) is 0 Å². The van der Waals surface area contributed by atoms with E-state index in [2.05, 4.69) is 15.5 Å². The Morgan fingerprint density at radius 3 is 2.73 bits per heavy atom. The second kappa shape index (κ2) is 8.94. The molecule has 2 heterocycles. The van der Waals surface area contributed by atoms with Gasteiger partial charge >= 0.3 is 6.03 Å².